The molecule has 0 aliphatic heterocycles. The van der Waals surface area contributed by atoms with Gasteiger partial charge < -0.3 is 13.6 Å². The van der Waals surface area contributed by atoms with Crippen LogP contribution in [0.5, 0.6) is 0 Å². The molecule has 0 saturated heterocycles. The zero-order valence-corrected chi connectivity index (χ0v) is 10.7. The molecule has 13 heavy (non-hydrogen) atoms. The smallest absolute Gasteiger partial charge is 0.333 e. The summed E-state index contributed by atoms with van der Waals surface area (Å²) in [5.41, 5.74) is 0.125. The van der Waals surface area contributed by atoms with Gasteiger partial charge in [-0.1, -0.05) is 6.92 Å². The van der Waals surface area contributed by atoms with Crippen LogP contribution in [0.4, 0.5) is 0 Å². The Labute approximate surface area is 87.2 Å². The highest BCUT2D eigenvalue weighted by molar-refractivity contribution is 7.80. The second kappa shape index (κ2) is 7.43. The van der Waals surface area contributed by atoms with Crippen LogP contribution in [0.2, 0.25) is 5.54 Å². The maximum Gasteiger partial charge on any atom is 0.333 e. The summed E-state index contributed by atoms with van der Waals surface area (Å²) in [5, 5.41) is 0.582. The van der Waals surface area contributed by atoms with E-state index in [-0.39, 0.29) is 5.54 Å². The van der Waals surface area contributed by atoms with Gasteiger partial charge in [0.2, 0.25) is 0 Å². The van der Waals surface area contributed by atoms with Crippen molar-refractivity contribution in [3.8, 4) is 0 Å². The van der Waals surface area contributed by atoms with E-state index in [4.69, 9.17) is 25.8 Å². The van der Waals surface area contributed by atoms with Gasteiger partial charge in [0, 0.05) is 13.2 Å². The number of hydrogen-bond acceptors (Lipinski definition) is 4. The molecule has 1 unspecified atom stereocenters. The van der Waals surface area contributed by atoms with Crippen LogP contribution >= 0.6 is 12.2 Å². The van der Waals surface area contributed by atoms with E-state index in [1.54, 1.807) is 7.11 Å². The Balaban J connectivity index is 4.08. The highest BCUT2D eigenvalue weighted by atomic mass is 32.1. The fraction of sp³-hybridized carbons (Fsp3) is 0.875. The Hall–Kier alpha value is 0.0269. The first-order valence-corrected chi connectivity index (χ1v) is 6.50. The van der Waals surface area contributed by atoms with Crippen LogP contribution in [-0.4, -0.2) is 34.7 Å². The van der Waals surface area contributed by atoms with Crippen molar-refractivity contribution in [3.63, 3.8) is 0 Å². The minimum Gasteiger partial charge on any atom is -0.490 e. The first kappa shape index (κ1) is 13.0. The number of thiocarbonyl (C=S) groups is 1. The molecule has 0 fully saturated rings. The molecule has 0 aromatic carbocycles. The molecule has 0 saturated carbocycles. The lowest BCUT2D eigenvalue weighted by molar-refractivity contribution is 0.208. The zero-order valence-electron chi connectivity index (χ0n) is 8.70. The number of methoxy groups -OCH3 is 1. The molecule has 5 heteroatoms. The van der Waals surface area contributed by atoms with Crippen molar-refractivity contribution in [1.82, 2.24) is 0 Å². The summed E-state index contributed by atoms with van der Waals surface area (Å²) in [6.45, 7) is 7.26. The van der Waals surface area contributed by atoms with Crippen LogP contribution in [0.1, 0.15) is 20.8 Å². The SMILES string of the molecule is CCO[SiH](OCC)C(C)C(=S)OC. The third-order valence-corrected chi connectivity index (χ3v) is 4.87. The molecule has 0 amide bonds. The van der Waals surface area contributed by atoms with Crippen molar-refractivity contribution in [2.45, 2.75) is 26.3 Å². The summed E-state index contributed by atoms with van der Waals surface area (Å²) in [4.78, 5) is 0. The second-order valence-electron chi connectivity index (χ2n) is 2.59. The standard InChI is InChI=1S/C8H18O3SSi/c1-5-10-13(11-6-2)7(3)8(12)9-4/h7,13H,5-6H2,1-4H3. The van der Waals surface area contributed by atoms with Crippen molar-refractivity contribution in [2.75, 3.05) is 20.3 Å². The van der Waals surface area contributed by atoms with E-state index >= 15 is 0 Å². The number of hydrogen-bond donors (Lipinski definition) is 0. The van der Waals surface area contributed by atoms with Crippen molar-refractivity contribution in [3.05, 3.63) is 0 Å². The highest BCUT2D eigenvalue weighted by Crippen LogP contribution is 2.14. The predicted octanol–water partition coefficient (Wildman–Crippen LogP) is 1.64. The van der Waals surface area contributed by atoms with Crippen LogP contribution in [0.25, 0.3) is 0 Å². The molecule has 0 spiro atoms. The Morgan fingerprint density at radius 2 is 1.77 bits per heavy atom. The second-order valence-corrected chi connectivity index (χ2v) is 5.40. The van der Waals surface area contributed by atoms with Crippen molar-refractivity contribution in [2.24, 2.45) is 0 Å². The molecular weight excluding hydrogens is 204 g/mol. The minimum absolute atomic E-state index is 0.125. The van der Waals surface area contributed by atoms with Crippen LogP contribution in [0.3, 0.4) is 0 Å². The third-order valence-electron chi connectivity index (χ3n) is 1.64. The topological polar surface area (TPSA) is 27.7 Å². The molecular formula is C8H18O3SSi. The van der Waals surface area contributed by atoms with E-state index in [1.807, 2.05) is 20.8 Å². The van der Waals surface area contributed by atoms with E-state index in [0.29, 0.717) is 18.3 Å². The maximum atomic E-state index is 5.52. The van der Waals surface area contributed by atoms with E-state index < -0.39 is 9.28 Å². The Kier molecular flexibility index (Phi) is 7.45. The van der Waals surface area contributed by atoms with E-state index in [0.717, 1.165) is 0 Å². The predicted molar refractivity (Wildman–Crippen MR) is 59.4 cm³/mol. The highest BCUT2D eigenvalue weighted by Gasteiger charge is 2.25. The molecule has 0 rings (SSSR count). The summed E-state index contributed by atoms with van der Waals surface area (Å²) < 4.78 is 16.0. The van der Waals surface area contributed by atoms with Crippen molar-refractivity contribution < 1.29 is 13.6 Å². The van der Waals surface area contributed by atoms with Crippen LogP contribution in [0.15, 0.2) is 0 Å². The number of rotatable bonds is 6. The van der Waals surface area contributed by atoms with Gasteiger partial charge in [0.25, 0.3) is 0 Å². The van der Waals surface area contributed by atoms with Gasteiger partial charge in [-0.3, -0.25) is 0 Å². The molecule has 0 aromatic rings. The van der Waals surface area contributed by atoms with Crippen LogP contribution in [0, 0.1) is 0 Å². The normalized spacial score (nSPS) is 13.0. The Morgan fingerprint density at radius 3 is 2.08 bits per heavy atom. The average Bonchev–Trinajstić information content (AvgIpc) is 2.15. The first-order chi connectivity index (χ1) is 6.17. The van der Waals surface area contributed by atoms with Crippen LogP contribution < -0.4 is 0 Å². The third kappa shape index (κ3) is 4.71. The lowest BCUT2D eigenvalue weighted by Crippen LogP contribution is -2.32. The average molecular weight is 222 g/mol. The molecule has 0 radical (unpaired) electrons. The quantitative estimate of drug-likeness (QED) is 0.504. The maximum absolute atomic E-state index is 5.52. The fourth-order valence-electron chi connectivity index (χ4n) is 0.962. The molecule has 78 valence electrons. The van der Waals surface area contributed by atoms with Crippen LogP contribution in [-0.2, 0) is 13.6 Å². The molecule has 0 N–H and O–H groups in total. The Morgan fingerprint density at radius 1 is 1.31 bits per heavy atom. The number of ether oxygens (including phenoxy) is 1. The monoisotopic (exact) mass is 222 g/mol. The first-order valence-electron chi connectivity index (χ1n) is 4.48. The van der Waals surface area contributed by atoms with Gasteiger partial charge in [0.15, 0.2) is 5.05 Å². The Bertz CT molecular complexity index is 148. The molecule has 0 aromatic heterocycles. The van der Waals surface area contributed by atoms with Crippen molar-refractivity contribution in [1.29, 1.82) is 0 Å². The zero-order chi connectivity index (χ0) is 10.3. The molecule has 0 heterocycles. The fourth-order valence-corrected chi connectivity index (χ4v) is 2.98. The van der Waals surface area contributed by atoms with E-state index in [1.165, 1.54) is 0 Å². The van der Waals surface area contributed by atoms with E-state index in [9.17, 15) is 0 Å². The van der Waals surface area contributed by atoms with Gasteiger partial charge in [-0.2, -0.15) is 0 Å². The summed E-state index contributed by atoms with van der Waals surface area (Å²) >= 11 is 5.04. The summed E-state index contributed by atoms with van der Waals surface area (Å²) in [7, 11) is -0.0841. The van der Waals surface area contributed by atoms with Gasteiger partial charge in [-0.25, -0.2) is 0 Å². The molecule has 3 nitrogen and oxygen atoms in total. The molecule has 0 aliphatic carbocycles. The molecule has 1 atom stereocenters. The molecule has 0 aliphatic rings. The van der Waals surface area contributed by atoms with Gasteiger partial charge in [-0.05, 0) is 26.1 Å². The van der Waals surface area contributed by atoms with E-state index in [2.05, 4.69) is 0 Å². The lowest BCUT2D eigenvalue weighted by Gasteiger charge is -2.20. The molecule has 0 bridgehead atoms. The largest absolute Gasteiger partial charge is 0.490 e. The van der Waals surface area contributed by atoms with Gasteiger partial charge >= 0.3 is 9.28 Å². The summed E-state index contributed by atoms with van der Waals surface area (Å²) in [6.07, 6.45) is 0. The van der Waals surface area contributed by atoms with Gasteiger partial charge in [-0.15, -0.1) is 0 Å². The van der Waals surface area contributed by atoms with Gasteiger partial charge in [0.1, 0.15) is 0 Å². The minimum atomic E-state index is -1.67. The lowest BCUT2D eigenvalue weighted by atomic mass is 10.5. The summed E-state index contributed by atoms with van der Waals surface area (Å²) in [6, 6.07) is 0. The van der Waals surface area contributed by atoms with Crippen molar-refractivity contribution >= 4 is 26.6 Å². The van der Waals surface area contributed by atoms with Gasteiger partial charge in [0.05, 0.1) is 12.7 Å². The summed E-state index contributed by atoms with van der Waals surface area (Å²) in [5.74, 6) is 0.